The number of hydrogen-bond donors (Lipinski definition) is 1. The molecule has 36 heavy (non-hydrogen) atoms. The molecule has 0 spiro atoms. The van der Waals surface area contributed by atoms with Gasteiger partial charge >= 0.3 is 0 Å². The minimum absolute atomic E-state index is 0.0671. The first-order chi connectivity index (χ1) is 16.9. The highest BCUT2D eigenvalue weighted by molar-refractivity contribution is 7.92. The van der Waals surface area contributed by atoms with Crippen molar-refractivity contribution in [2.45, 2.75) is 59.0 Å². The van der Waals surface area contributed by atoms with Crippen LogP contribution in [0.3, 0.4) is 0 Å². The lowest BCUT2D eigenvalue weighted by Crippen LogP contribution is -2.52. The summed E-state index contributed by atoms with van der Waals surface area (Å²) in [5, 5.41) is 3.55. The minimum atomic E-state index is -3.78. The largest absolute Gasteiger partial charge is 0.354 e. The van der Waals surface area contributed by atoms with Crippen LogP contribution in [0.5, 0.6) is 0 Å². The Balaban J connectivity index is 2.44. The zero-order valence-electron chi connectivity index (χ0n) is 21.4. The zero-order chi connectivity index (χ0) is 27.0. The number of amides is 2. The number of benzene rings is 2. The Labute approximate surface area is 224 Å². The molecule has 2 aromatic rings. The molecule has 0 fully saturated rings. The smallest absolute Gasteiger partial charge is 0.244 e. The third kappa shape index (κ3) is 8.11. The Morgan fingerprint density at radius 3 is 2.14 bits per heavy atom. The summed E-state index contributed by atoms with van der Waals surface area (Å²) in [5.74, 6) is -0.515. The predicted molar refractivity (Wildman–Crippen MR) is 147 cm³/mol. The molecule has 1 N–H and O–H groups in total. The topological polar surface area (TPSA) is 86.8 Å². The van der Waals surface area contributed by atoms with Crippen LogP contribution in [-0.4, -0.2) is 50.5 Å². The second-order valence-corrected chi connectivity index (χ2v) is 11.7. The van der Waals surface area contributed by atoms with Gasteiger partial charge in [0.25, 0.3) is 0 Å². The van der Waals surface area contributed by atoms with E-state index in [4.69, 9.17) is 23.2 Å². The summed E-state index contributed by atoms with van der Waals surface area (Å²) in [6, 6.07) is 11.3. The molecule has 7 nitrogen and oxygen atoms in total. The van der Waals surface area contributed by atoms with Crippen molar-refractivity contribution >= 4 is 50.7 Å². The van der Waals surface area contributed by atoms with Crippen molar-refractivity contribution in [3.8, 4) is 0 Å². The zero-order valence-corrected chi connectivity index (χ0v) is 23.8. The van der Waals surface area contributed by atoms with Gasteiger partial charge < -0.3 is 10.2 Å². The first-order valence-electron chi connectivity index (χ1n) is 12.0. The minimum Gasteiger partial charge on any atom is -0.354 e. The van der Waals surface area contributed by atoms with Gasteiger partial charge in [-0.05, 0) is 54.2 Å². The van der Waals surface area contributed by atoms with Crippen LogP contribution >= 0.6 is 23.2 Å². The highest BCUT2D eigenvalue weighted by Gasteiger charge is 2.31. The highest BCUT2D eigenvalue weighted by Crippen LogP contribution is 2.25. The first-order valence-corrected chi connectivity index (χ1v) is 14.6. The van der Waals surface area contributed by atoms with Crippen molar-refractivity contribution < 1.29 is 18.0 Å². The molecule has 0 aliphatic rings. The van der Waals surface area contributed by atoms with Gasteiger partial charge in [0, 0.05) is 13.1 Å². The molecular weight excluding hydrogens is 521 g/mol. The monoisotopic (exact) mass is 555 g/mol. The van der Waals surface area contributed by atoms with Gasteiger partial charge in [0.1, 0.15) is 12.6 Å². The van der Waals surface area contributed by atoms with Crippen LogP contribution < -0.4 is 9.62 Å². The van der Waals surface area contributed by atoms with Gasteiger partial charge in [-0.2, -0.15) is 0 Å². The number of nitrogens with one attached hydrogen (secondary N) is 1. The number of nitrogens with zero attached hydrogens (tertiary/aromatic N) is 2. The highest BCUT2D eigenvalue weighted by atomic mass is 35.5. The average molecular weight is 557 g/mol. The molecule has 0 aliphatic heterocycles. The molecule has 2 aromatic carbocycles. The summed E-state index contributed by atoms with van der Waals surface area (Å²) < 4.78 is 26.5. The molecule has 0 saturated heterocycles. The van der Waals surface area contributed by atoms with Crippen LogP contribution in [-0.2, 0) is 26.2 Å². The molecule has 198 valence electrons. The molecular formula is C26H35Cl2N3O4S. The van der Waals surface area contributed by atoms with Crippen molar-refractivity contribution in [3.05, 3.63) is 63.6 Å². The maximum Gasteiger partial charge on any atom is 0.244 e. The van der Waals surface area contributed by atoms with Crippen LogP contribution in [0.4, 0.5) is 5.69 Å². The van der Waals surface area contributed by atoms with Gasteiger partial charge in [-0.1, -0.05) is 69.1 Å². The molecule has 0 aliphatic carbocycles. The van der Waals surface area contributed by atoms with Gasteiger partial charge in [0.15, 0.2) is 0 Å². The average Bonchev–Trinajstić information content (AvgIpc) is 2.82. The predicted octanol–water partition coefficient (Wildman–Crippen LogP) is 5.22. The Morgan fingerprint density at radius 2 is 1.64 bits per heavy atom. The number of anilines is 1. The van der Waals surface area contributed by atoms with Crippen molar-refractivity contribution in [2.75, 3.05) is 23.7 Å². The molecule has 10 heteroatoms. The summed E-state index contributed by atoms with van der Waals surface area (Å²) in [6.45, 7) is 7.93. The van der Waals surface area contributed by atoms with Crippen LogP contribution in [0.1, 0.15) is 57.6 Å². The summed E-state index contributed by atoms with van der Waals surface area (Å²) in [5.41, 5.74) is 2.11. The molecule has 1 unspecified atom stereocenters. The van der Waals surface area contributed by atoms with E-state index in [0.29, 0.717) is 34.3 Å². The van der Waals surface area contributed by atoms with E-state index in [0.717, 1.165) is 22.5 Å². The maximum absolute atomic E-state index is 13.7. The second-order valence-electron chi connectivity index (χ2n) is 9.00. The van der Waals surface area contributed by atoms with Crippen LogP contribution in [0, 0.1) is 0 Å². The van der Waals surface area contributed by atoms with Crippen LogP contribution in [0.15, 0.2) is 42.5 Å². The van der Waals surface area contributed by atoms with Gasteiger partial charge in [0.2, 0.25) is 21.8 Å². The molecule has 0 radical (unpaired) electrons. The number of sulfonamides is 1. The second kappa shape index (κ2) is 13.3. The summed E-state index contributed by atoms with van der Waals surface area (Å²) >= 11 is 12.2. The fraction of sp³-hybridized carbons (Fsp3) is 0.462. The molecule has 0 aromatic heterocycles. The van der Waals surface area contributed by atoms with E-state index in [1.54, 1.807) is 30.3 Å². The molecule has 0 heterocycles. The number of halogens is 2. The Morgan fingerprint density at radius 1 is 1.00 bits per heavy atom. The van der Waals surface area contributed by atoms with E-state index >= 15 is 0 Å². The summed E-state index contributed by atoms with van der Waals surface area (Å²) in [7, 11) is -3.78. The third-order valence-electron chi connectivity index (χ3n) is 5.80. The fourth-order valence-corrected chi connectivity index (χ4v) is 4.93. The lowest BCUT2D eigenvalue weighted by atomic mass is 10.0. The first kappa shape index (κ1) is 29.9. The normalized spacial score (nSPS) is 12.3. The van der Waals surface area contributed by atoms with Gasteiger partial charge in [-0.25, -0.2) is 8.42 Å². The van der Waals surface area contributed by atoms with E-state index in [2.05, 4.69) is 5.32 Å². The SMILES string of the molecule is CCCNC(=O)C(CC)N(Cc1ccc(Cl)c(Cl)c1)C(=O)CN(c1ccc(C(C)C)cc1)S(C)(=O)=O. The number of hydrogen-bond acceptors (Lipinski definition) is 4. The van der Waals surface area contributed by atoms with E-state index in [1.807, 2.05) is 39.8 Å². The van der Waals surface area contributed by atoms with Crippen molar-refractivity contribution in [2.24, 2.45) is 0 Å². The van der Waals surface area contributed by atoms with E-state index in [9.17, 15) is 18.0 Å². The standard InChI is InChI=1S/C26H35Cl2N3O4S/c1-6-14-29-26(33)24(7-2)30(16-19-8-13-22(27)23(28)15-19)25(32)17-31(36(5,34)35)21-11-9-20(10-12-21)18(3)4/h8-13,15,18,24H,6-7,14,16-17H2,1-5H3,(H,29,33). The van der Waals surface area contributed by atoms with Gasteiger partial charge in [-0.15, -0.1) is 0 Å². The van der Waals surface area contributed by atoms with E-state index in [1.165, 1.54) is 4.90 Å². The lowest BCUT2D eigenvalue weighted by Gasteiger charge is -2.33. The molecule has 1 atom stereocenters. The molecule has 0 bridgehead atoms. The Kier molecular flexibility index (Phi) is 11.1. The summed E-state index contributed by atoms with van der Waals surface area (Å²) in [6.07, 6.45) is 2.16. The van der Waals surface area contributed by atoms with Crippen molar-refractivity contribution in [3.63, 3.8) is 0 Å². The van der Waals surface area contributed by atoms with E-state index in [-0.39, 0.29) is 18.4 Å². The van der Waals surface area contributed by atoms with E-state index < -0.39 is 28.5 Å². The van der Waals surface area contributed by atoms with Gasteiger partial charge in [-0.3, -0.25) is 13.9 Å². The van der Waals surface area contributed by atoms with Gasteiger partial charge in [0.05, 0.1) is 22.0 Å². The molecule has 0 saturated carbocycles. The van der Waals surface area contributed by atoms with Crippen LogP contribution in [0.25, 0.3) is 0 Å². The maximum atomic E-state index is 13.7. The van der Waals surface area contributed by atoms with Crippen molar-refractivity contribution in [1.82, 2.24) is 10.2 Å². The molecule has 2 amide bonds. The Hall–Kier alpha value is -2.29. The summed E-state index contributed by atoms with van der Waals surface area (Å²) in [4.78, 5) is 28.0. The Bertz CT molecular complexity index is 1150. The number of carbonyl (C=O) groups excluding carboxylic acids is 2. The van der Waals surface area contributed by atoms with Crippen LogP contribution in [0.2, 0.25) is 10.0 Å². The lowest BCUT2D eigenvalue weighted by molar-refractivity contribution is -0.140. The number of carbonyl (C=O) groups is 2. The van der Waals surface area contributed by atoms with Crippen molar-refractivity contribution in [1.29, 1.82) is 0 Å². The third-order valence-corrected chi connectivity index (χ3v) is 7.68. The fourth-order valence-electron chi connectivity index (χ4n) is 3.76. The number of rotatable bonds is 12. The molecule has 2 rings (SSSR count). The quantitative estimate of drug-likeness (QED) is 0.389.